The maximum Gasteiger partial charge on any atom is 0.171 e. The molecule has 0 aliphatic carbocycles. The lowest BCUT2D eigenvalue weighted by atomic mass is 9.90. The standard InChI is InChI=1S/C20H25N5S.ClH/c1-11(2)13-8-7-12(3)14-15(13)16(23-18(14)21)17-19(22)24-20(26-17)25-9-5-4-6-10-25;/h7-8,11,22H,4-6,9-10H2,1-3H3,(H2,21,23);1H/b17-16+,22-19?;. The first-order chi connectivity index (χ1) is 12.5. The summed E-state index contributed by atoms with van der Waals surface area (Å²) in [6.07, 6.45) is 3.67. The molecule has 0 radical (unpaired) electrons. The van der Waals surface area contributed by atoms with E-state index in [1.54, 1.807) is 11.8 Å². The molecule has 144 valence electrons. The molecule has 0 bridgehead atoms. The Labute approximate surface area is 171 Å². The molecule has 0 unspecified atom stereocenters. The molecule has 0 spiro atoms. The quantitative estimate of drug-likeness (QED) is 0.635. The maximum absolute atomic E-state index is 8.46. The summed E-state index contributed by atoms with van der Waals surface area (Å²) < 4.78 is 0. The Morgan fingerprint density at radius 3 is 2.48 bits per heavy atom. The van der Waals surface area contributed by atoms with Crippen LogP contribution in [0.1, 0.15) is 61.3 Å². The van der Waals surface area contributed by atoms with Gasteiger partial charge in [0.15, 0.2) is 11.0 Å². The van der Waals surface area contributed by atoms with Gasteiger partial charge in [0, 0.05) is 24.2 Å². The van der Waals surface area contributed by atoms with Gasteiger partial charge in [-0.1, -0.05) is 26.0 Å². The number of hydrogen-bond donors (Lipinski definition) is 3. The molecule has 1 aromatic carbocycles. The maximum atomic E-state index is 8.46. The minimum atomic E-state index is 0. The van der Waals surface area contributed by atoms with Crippen molar-refractivity contribution in [3.05, 3.63) is 39.3 Å². The monoisotopic (exact) mass is 403 g/mol. The highest BCUT2D eigenvalue weighted by atomic mass is 35.5. The first-order valence-electron chi connectivity index (χ1n) is 9.32. The summed E-state index contributed by atoms with van der Waals surface area (Å²) in [5.41, 5.74) is 5.28. The van der Waals surface area contributed by atoms with Gasteiger partial charge >= 0.3 is 0 Å². The van der Waals surface area contributed by atoms with Gasteiger partial charge in [-0.25, -0.2) is 4.99 Å². The number of aryl methyl sites for hydroxylation is 1. The van der Waals surface area contributed by atoms with Crippen molar-refractivity contribution in [2.24, 2.45) is 4.99 Å². The molecule has 0 aromatic heterocycles. The largest absolute Gasteiger partial charge is 0.351 e. The number of nitrogens with one attached hydrogen (secondary N) is 3. The minimum Gasteiger partial charge on any atom is -0.351 e. The van der Waals surface area contributed by atoms with E-state index in [4.69, 9.17) is 10.8 Å². The van der Waals surface area contributed by atoms with E-state index >= 15 is 0 Å². The van der Waals surface area contributed by atoms with E-state index in [-0.39, 0.29) is 12.4 Å². The number of aliphatic imine (C=N–C) groups is 1. The molecule has 0 atom stereocenters. The van der Waals surface area contributed by atoms with Gasteiger partial charge in [-0.3, -0.25) is 10.8 Å². The number of nitrogens with zero attached hydrogens (tertiary/aromatic N) is 2. The molecule has 1 saturated heterocycles. The highest BCUT2D eigenvalue weighted by molar-refractivity contribution is 8.18. The molecule has 4 rings (SSSR count). The Bertz CT molecular complexity index is 865. The Balaban J connectivity index is 0.00000210. The Kier molecular flexibility index (Phi) is 5.68. The number of likely N-dealkylation sites (tertiary alicyclic amines) is 1. The van der Waals surface area contributed by atoms with Crippen molar-refractivity contribution >= 4 is 46.7 Å². The van der Waals surface area contributed by atoms with Crippen LogP contribution in [0.25, 0.3) is 5.70 Å². The van der Waals surface area contributed by atoms with Crippen molar-refractivity contribution < 1.29 is 0 Å². The summed E-state index contributed by atoms with van der Waals surface area (Å²) in [5, 5.41) is 21.1. The number of amidine groups is 3. The summed E-state index contributed by atoms with van der Waals surface area (Å²) in [7, 11) is 0. The van der Waals surface area contributed by atoms with Crippen molar-refractivity contribution in [3.8, 4) is 0 Å². The molecule has 1 aromatic rings. The fourth-order valence-electron chi connectivity index (χ4n) is 3.91. The van der Waals surface area contributed by atoms with Crippen LogP contribution in [0.4, 0.5) is 0 Å². The topological polar surface area (TPSA) is 75.3 Å². The Morgan fingerprint density at radius 2 is 1.81 bits per heavy atom. The molecule has 7 heteroatoms. The van der Waals surface area contributed by atoms with Crippen LogP contribution in [0.5, 0.6) is 0 Å². The first-order valence-corrected chi connectivity index (χ1v) is 10.1. The lowest BCUT2D eigenvalue weighted by molar-refractivity contribution is 0.348. The van der Waals surface area contributed by atoms with Gasteiger partial charge in [0.25, 0.3) is 0 Å². The summed E-state index contributed by atoms with van der Waals surface area (Å²) in [6.45, 7) is 8.46. The predicted octanol–water partition coefficient (Wildman–Crippen LogP) is 4.70. The van der Waals surface area contributed by atoms with Crippen LogP contribution >= 0.6 is 24.2 Å². The predicted molar refractivity (Wildman–Crippen MR) is 118 cm³/mol. The van der Waals surface area contributed by atoms with E-state index in [1.807, 2.05) is 0 Å². The fourth-order valence-corrected chi connectivity index (χ4v) is 4.94. The van der Waals surface area contributed by atoms with Crippen molar-refractivity contribution in [2.45, 2.75) is 46.0 Å². The second-order valence-electron chi connectivity index (χ2n) is 7.47. The third-order valence-electron chi connectivity index (χ3n) is 5.29. The molecule has 3 heterocycles. The van der Waals surface area contributed by atoms with Gasteiger partial charge < -0.3 is 10.2 Å². The lowest BCUT2D eigenvalue weighted by Gasteiger charge is -2.27. The van der Waals surface area contributed by atoms with E-state index < -0.39 is 0 Å². The zero-order valence-corrected chi connectivity index (χ0v) is 17.6. The highest BCUT2D eigenvalue weighted by Crippen LogP contribution is 2.41. The molecule has 0 amide bonds. The van der Waals surface area contributed by atoms with Gasteiger partial charge in [0.2, 0.25) is 0 Å². The van der Waals surface area contributed by atoms with Crippen molar-refractivity contribution in [1.82, 2.24) is 10.2 Å². The second-order valence-corrected chi connectivity index (χ2v) is 8.45. The average molecular weight is 404 g/mol. The van der Waals surface area contributed by atoms with Crippen molar-refractivity contribution in [1.29, 1.82) is 10.8 Å². The number of hydrogen-bond acceptors (Lipinski definition) is 4. The summed E-state index contributed by atoms with van der Waals surface area (Å²) in [5.74, 6) is 1.10. The van der Waals surface area contributed by atoms with E-state index in [0.29, 0.717) is 17.6 Å². The number of benzene rings is 1. The molecule has 1 fully saturated rings. The number of fused-ring (bicyclic) bond motifs is 1. The van der Waals surface area contributed by atoms with Gasteiger partial charge in [-0.15, -0.1) is 12.4 Å². The smallest absolute Gasteiger partial charge is 0.171 e. The summed E-state index contributed by atoms with van der Waals surface area (Å²) >= 11 is 1.59. The number of rotatable bonds is 1. The molecule has 0 saturated carbocycles. The van der Waals surface area contributed by atoms with Crippen molar-refractivity contribution in [3.63, 3.8) is 0 Å². The van der Waals surface area contributed by atoms with Crippen LogP contribution in [0.3, 0.4) is 0 Å². The third-order valence-corrected chi connectivity index (χ3v) is 6.42. The summed E-state index contributed by atoms with van der Waals surface area (Å²) in [6, 6.07) is 4.26. The summed E-state index contributed by atoms with van der Waals surface area (Å²) in [4.78, 5) is 7.70. The van der Waals surface area contributed by atoms with Crippen LogP contribution < -0.4 is 5.32 Å². The Morgan fingerprint density at radius 1 is 1.11 bits per heavy atom. The average Bonchev–Trinajstić information content (AvgIpc) is 3.17. The van der Waals surface area contributed by atoms with E-state index in [9.17, 15) is 0 Å². The van der Waals surface area contributed by atoms with Crippen LogP contribution in [0.2, 0.25) is 0 Å². The lowest BCUT2D eigenvalue weighted by Crippen LogP contribution is -2.33. The fraction of sp³-hybridized carbons (Fsp3) is 0.450. The van der Waals surface area contributed by atoms with Gasteiger partial charge in [-0.05, 0) is 55.0 Å². The molecule has 3 N–H and O–H groups in total. The van der Waals surface area contributed by atoms with Crippen LogP contribution in [-0.2, 0) is 0 Å². The van der Waals surface area contributed by atoms with Gasteiger partial charge in [0.05, 0.1) is 10.6 Å². The molecule has 5 nitrogen and oxygen atoms in total. The number of thioether (sulfide) groups is 1. The Hall–Kier alpha value is -1.79. The van der Waals surface area contributed by atoms with E-state index in [0.717, 1.165) is 45.5 Å². The number of piperidine rings is 1. The zero-order valence-electron chi connectivity index (χ0n) is 16.0. The molecule has 27 heavy (non-hydrogen) atoms. The normalized spacial score (nSPS) is 21.9. The first kappa shape index (κ1) is 20.0. The SMILES string of the molecule is Cc1ccc(C(C)C)c2c1C(=N)N/C2=C1/SC(N2CCCCC2)=NC1=N.Cl. The minimum absolute atomic E-state index is 0. The number of halogens is 1. The van der Waals surface area contributed by atoms with Gasteiger partial charge in [0.1, 0.15) is 5.84 Å². The van der Waals surface area contributed by atoms with E-state index in [1.165, 1.54) is 24.8 Å². The van der Waals surface area contributed by atoms with Crippen molar-refractivity contribution in [2.75, 3.05) is 13.1 Å². The molecule has 3 aliphatic heterocycles. The molecule has 3 aliphatic rings. The van der Waals surface area contributed by atoms with Crippen LogP contribution in [0.15, 0.2) is 22.0 Å². The molecular weight excluding hydrogens is 378 g/mol. The van der Waals surface area contributed by atoms with E-state index in [2.05, 4.69) is 48.1 Å². The van der Waals surface area contributed by atoms with Gasteiger partial charge in [-0.2, -0.15) is 0 Å². The second kappa shape index (κ2) is 7.68. The zero-order chi connectivity index (χ0) is 18.4. The van der Waals surface area contributed by atoms with Crippen LogP contribution in [-0.4, -0.2) is 34.8 Å². The van der Waals surface area contributed by atoms with Crippen LogP contribution in [0, 0.1) is 17.7 Å². The highest BCUT2D eigenvalue weighted by Gasteiger charge is 2.34. The molecular formula is C20H26ClN5S. The third kappa shape index (κ3) is 3.41.